The highest BCUT2D eigenvalue weighted by atomic mass is 16.5. The van der Waals surface area contributed by atoms with E-state index in [1.165, 1.54) is 11.3 Å². The summed E-state index contributed by atoms with van der Waals surface area (Å²) >= 11 is 0. The predicted octanol–water partition coefficient (Wildman–Crippen LogP) is 3.36. The van der Waals surface area contributed by atoms with Crippen LogP contribution in [-0.2, 0) is 4.74 Å². The van der Waals surface area contributed by atoms with Crippen molar-refractivity contribution in [2.45, 2.75) is 45.8 Å². The second kappa shape index (κ2) is 7.65. The smallest absolute Gasteiger partial charge is 0.0748 e. The van der Waals surface area contributed by atoms with Crippen LogP contribution in [0.3, 0.4) is 0 Å². The van der Waals surface area contributed by atoms with Gasteiger partial charge in [-0.25, -0.2) is 0 Å². The Kier molecular flexibility index (Phi) is 5.86. The van der Waals surface area contributed by atoms with Crippen molar-refractivity contribution in [3.05, 3.63) is 29.8 Å². The molecule has 0 spiro atoms. The fourth-order valence-corrected chi connectivity index (χ4v) is 2.98. The molecule has 1 heterocycles. The number of benzene rings is 1. The molecule has 1 fully saturated rings. The van der Waals surface area contributed by atoms with Gasteiger partial charge in [0.15, 0.2) is 0 Å². The summed E-state index contributed by atoms with van der Waals surface area (Å²) in [6, 6.07) is 9.26. The Morgan fingerprint density at radius 3 is 2.80 bits per heavy atom. The average molecular weight is 276 g/mol. The number of hydrogen-bond donors (Lipinski definition) is 1. The van der Waals surface area contributed by atoms with Crippen LogP contribution >= 0.6 is 0 Å². The minimum absolute atomic E-state index is 0.371. The van der Waals surface area contributed by atoms with Crippen molar-refractivity contribution in [1.82, 2.24) is 5.32 Å². The summed E-state index contributed by atoms with van der Waals surface area (Å²) in [5.41, 5.74) is 2.80. The summed E-state index contributed by atoms with van der Waals surface area (Å²) in [5, 5.41) is 3.60. The van der Waals surface area contributed by atoms with Crippen molar-refractivity contribution in [1.29, 1.82) is 0 Å². The molecule has 0 amide bonds. The summed E-state index contributed by atoms with van der Waals surface area (Å²) in [6.07, 6.45) is 2.58. The molecule has 2 unspecified atom stereocenters. The molecule has 1 N–H and O–H groups in total. The zero-order chi connectivity index (χ0) is 14.4. The summed E-state index contributed by atoms with van der Waals surface area (Å²) in [6.45, 7) is 10.5. The first kappa shape index (κ1) is 15.3. The SMILES string of the molecule is CCNC(CC)c1ccccc1N1CCOC(CC)C1. The highest BCUT2D eigenvalue weighted by Gasteiger charge is 2.22. The second-order valence-electron chi connectivity index (χ2n) is 5.42. The van der Waals surface area contributed by atoms with E-state index in [4.69, 9.17) is 4.74 Å². The monoisotopic (exact) mass is 276 g/mol. The van der Waals surface area contributed by atoms with E-state index >= 15 is 0 Å². The molecule has 0 bridgehead atoms. The van der Waals surface area contributed by atoms with Crippen LogP contribution in [0.1, 0.15) is 45.2 Å². The Labute approximate surface area is 123 Å². The summed E-state index contributed by atoms with van der Waals surface area (Å²) in [7, 11) is 0. The van der Waals surface area contributed by atoms with E-state index in [9.17, 15) is 0 Å². The molecule has 1 aliphatic heterocycles. The van der Waals surface area contributed by atoms with Gasteiger partial charge in [-0.05, 0) is 31.0 Å². The maximum Gasteiger partial charge on any atom is 0.0748 e. The Morgan fingerprint density at radius 2 is 2.10 bits per heavy atom. The van der Waals surface area contributed by atoms with Gasteiger partial charge in [0, 0.05) is 24.8 Å². The van der Waals surface area contributed by atoms with E-state index in [0.717, 1.165) is 39.1 Å². The molecule has 0 aliphatic carbocycles. The average Bonchev–Trinajstić information content (AvgIpc) is 2.52. The molecular formula is C17H28N2O. The number of ether oxygens (including phenoxy) is 1. The number of rotatable bonds is 6. The third kappa shape index (κ3) is 3.53. The first-order valence-corrected chi connectivity index (χ1v) is 7.98. The van der Waals surface area contributed by atoms with Gasteiger partial charge in [0.2, 0.25) is 0 Å². The van der Waals surface area contributed by atoms with Gasteiger partial charge in [0.05, 0.1) is 12.7 Å². The fourth-order valence-electron chi connectivity index (χ4n) is 2.98. The highest BCUT2D eigenvalue weighted by Crippen LogP contribution is 2.29. The number of nitrogens with zero attached hydrogens (tertiary/aromatic N) is 1. The molecule has 20 heavy (non-hydrogen) atoms. The third-order valence-corrected chi connectivity index (χ3v) is 4.11. The first-order chi connectivity index (χ1) is 9.80. The minimum atomic E-state index is 0.371. The van der Waals surface area contributed by atoms with Crippen molar-refractivity contribution in [2.24, 2.45) is 0 Å². The third-order valence-electron chi connectivity index (χ3n) is 4.11. The van der Waals surface area contributed by atoms with Crippen LogP contribution in [0.2, 0.25) is 0 Å². The Bertz CT molecular complexity index is 408. The zero-order valence-corrected chi connectivity index (χ0v) is 13.1. The molecule has 1 saturated heterocycles. The molecule has 1 aromatic carbocycles. The van der Waals surface area contributed by atoms with Crippen LogP contribution in [-0.4, -0.2) is 32.3 Å². The van der Waals surface area contributed by atoms with Crippen LogP contribution in [0.15, 0.2) is 24.3 Å². The summed E-state index contributed by atoms with van der Waals surface area (Å²) in [4.78, 5) is 2.49. The molecular weight excluding hydrogens is 248 g/mol. The maximum atomic E-state index is 5.80. The van der Waals surface area contributed by atoms with Gasteiger partial charge in [-0.1, -0.05) is 39.0 Å². The van der Waals surface area contributed by atoms with Crippen LogP contribution in [0.25, 0.3) is 0 Å². The lowest BCUT2D eigenvalue weighted by molar-refractivity contribution is 0.0383. The van der Waals surface area contributed by atoms with Crippen LogP contribution in [0.5, 0.6) is 0 Å². The molecule has 3 heteroatoms. The molecule has 0 saturated carbocycles. The van der Waals surface area contributed by atoms with Crippen LogP contribution in [0, 0.1) is 0 Å². The van der Waals surface area contributed by atoms with Crippen molar-refractivity contribution in [3.8, 4) is 0 Å². The van der Waals surface area contributed by atoms with Gasteiger partial charge < -0.3 is 15.0 Å². The minimum Gasteiger partial charge on any atom is -0.375 e. The Hall–Kier alpha value is -1.06. The van der Waals surface area contributed by atoms with Gasteiger partial charge in [0.25, 0.3) is 0 Å². The molecule has 1 aliphatic rings. The number of morpholine rings is 1. The van der Waals surface area contributed by atoms with E-state index in [-0.39, 0.29) is 0 Å². The van der Waals surface area contributed by atoms with E-state index in [1.807, 2.05) is 0 Å². The number of anilines is 1. The van der Waals surface area contributed by atoms with Crippen molar-refractivity contribution >= 4 is 5.69 Å². The second-order valence-corrected chi connectivity index (χ2v) is 5.42. The lowest BCUT2D eigenvalue weighted by Crippen LogP contribution is -2.43. The van der Waals surface area contributed by atoms with Gasteiger partial charge in [-0.2, -0.15) is 0 Å². The molecule has 2 rings (SSSR count). The zero-order valence-electron chi connectivity index (χ0n) is 13.1. The first-order valence-electron chi connectivity index (χ1n) is 7.98. The van der Waals surface area contributed by atoms with Crippen molar-refractivity contribution < 1.29 is 4.74 Å². The quantitative estimate of drug-likeness (QED) is 0.862. The standard InChI is InChI=1S/C17H28N2O/c1-4-14-13-19(11-12-20-14)17-10-8-7-9-15(17)16(5-2)18-6-3/h7-10,14,16,18H,4-6,11-13H2,1-3H3. The molecule has 1 aromatic rings. The molecule has 112 valence electrons. The fraction of sp³-hybridized carbons (Fsp3) is 0.647. The van der Waals surface area contributed by atoms with Crippen LogP contribution < -0.4 is 10.2 Å². The molecule has 0 aromatic heterocycles. The van der Waals surface area contributed by atoms with E-state index in [1.54, 1.807) is 0 Å². The number of para-hydroxylation sites is 1. The van der Waals surface area contributed by atoms with E-state index < -0.39 is 0 Å². The van der Waals surface area contributed by atoms with Gasteiger partial charge in [-0.15, -0.1) is 0 Å². The maximum absolute atomic E-state index is 5.80. The van der Waals surface area contributed by atoms with Crippen molar-refractivity contribution in [2.75, 3.05) is 31.1 Å². The largest absolute Gasteiger partial charge is 0.375 e. The Balaban J connectivity index is 2.22. The van der Waals surface area contributed by atoms with Gasteiger partial charge >= 0.3 is 0 Å². The predicted molar refractivity (Wildman–Crippen MR) is 85.4 cm³/mol. The lowest BCUT2D eigenvalue weighted by Gasteiger charge is -2.36. The van der Waals surface area contributed by atoms with Gasteiger partial charge in [0.1, 0.15) is 0 Å². The summed E-state index contributed by atoms with van der Waals surface area (Å²) in [5.74, 6) is 0. The summed E-state index contributed by atoms with van der Waals surface area (Å²) < 4.78 is 5.80. The number of hydrogen-bond acceptors (Lipinski definition) is 3. The van der Waals surface area contributed by atoms with E-state index in [2.05, 4.69) is 55.3 Å². The van der Waals surface area contributed by atoms with E-state index in [0.29, 0.717) is 12.1 Å². The van der Waals surface area contributed by atoms with Crippen molar-refractivity contribution in [3.63, 3.8) is 0 Å². The normalized spacial score (nSPS) is 20.9. The van der Waals surface area contributed by atoms with Gasteiger partial charge in [-0.3, -0.25) is 0 Å². The molecule has 3 nitrogen and oxygen atoms in total. The number of nitrogens with one attached hydrogen (secondary N) is 1. The van der Waals surface area contributed by atoms with Crippen LogP contribution in [0.4, 0.5) is 5.69 Å². The Morgan fingerprint density at radius 1 is 1.30 bits per heavy atom. The molecule has 2 atom stereocenters. The lowest BCUT2D eigenvalue weighted by atomic mass is 10.0. The highest BCUT2D eigenvalue weighted by molar-refractivity contribution is 5.55. The molecule has 0 radical (unpaired) electrons. The topological polar surface area (TPSA) is 24.5 Å².